The number of para-hydroxylation sites is 2. The van der Waals surface area contributed by atoms with Crippen molar-refractivity contribution in [3.8, 4) is 45.5 Å². The van der Waals surface area contributed by atoms with Gasteiger partial charge in [-0.15, -0.1) is 0 Å². The second-order valence-electron chi connectivity index (χ2n) is 12.7. The van der Waals surface area contributed by atoms with Gasteiger partial charge in [0.25, 0.3) is 0 Å². The molecule has 0 radical (unpaired) electrons. The van der Waals surface area contributed by atoms with Crippen LogP contribution in [0.3, 0.4) is 0 Å². The first kappa shape index (κ1) is 29.8. The monoisotopic (exact) mass is 765 g/mol. The number of rotatable bonds is 5. The van der Waals surface area contributed by atoms with E-state index in [2.05, 4.69) is 141 Å². The first-order valence-electron chi connectivity index (χ1n) is 16.9. The van der Waals surface area contributed by atoms with E-state index in [0.717, 1.165) is 39.1 Å². The maximum atomic E-state index is 5.03. The minimum atomic E-state index is 0.631. The minimum absolute atomic E-state index is 0.631. The summed E-state index contributed by atoms with van der Waals surface area (Å²) >= 11 is 2.40. The molecule has 0 N–H and O–H groups in total. The van der Waals surface area contributed by atoms with Gasteiger partial charge in [-0.3, -0.25) is 0 Å². The van der Waals surface area contributed by atoms with Crippen molar-refractivity contribution < 1.29 is 0 Å². The van der Waals surface area contributed by atoms with Crippen molar-refractivity contribution in [1.29, 1.82) is 0 Å². The van der Waals surface area contributed by atoms with Gasteiger partial charge in [0, 0.05) is 53.2 Å². The number of hydrogen-bond acceptors (Lipinski definition) is 3. The molecule has 0 bridgehead atoms. The Bertz CT molecular complexity index is 2870. The zero-order valence-corrected chi connectivity index (χ0v) is 29.4. The van der Waals surface area contributed by atoms with Gasteiger partial charge in [-0.2, -0.15) is 0 Å². The first-order chi connectivity index (χ1) is 25.2. The second kappa shape index (κ2) is 12.0. The minimum Gasteiger partial charge on any atom is -0.309 e. The quantitative estimate of drug-likeness (QED) is 0.164. The Morgan fingerprint density at radius 2 is 0.784 bits per heavy atom. The van der Waals surface area contributed by atoms with Crippen LogP contribution in [0.4, 0.5) is 0 Å². The molecule has 0 saturated heterocycles. The zero-order valence-electron chi connectivity index (χ0n) is 27.3. The summed E-state index contributed by atoms with van der Waals surface area (Å²) in [6, 6.07) is 59.6. The molecule has 0 atom stereocenters. The third-order valence-corrected chi connectivity index (χ3v) is 10.3. The average Bonchev–Trinajstić information content (AvgIpc) is 3.69. The summed E-state index contributed by atoms with van der Waals surface area (Å²) in [5, 5.41) is 4.90. The molecular weight excluding hydrogens is 737 g/mol. The van der Waals surface area contributed by atoms with Gasteiger partial charge in [0.15, 0.2) is 17.5 Å². The molecule has 240 valence electrons. The van der Waals surface area contributed by atoms with Crippen LogP contribution >= 0.6 is 22.6 Å². The van der Waals surface area contributed by atoms with Gasteiger partial charge in [-0.05, 0) is 77.2 Å². The van der Waals surface area contributed by atoms with Crippen LogP contribution in [0.15, 0.2) is 170 Å². The summed E-state index contributed by atoms with van der Waals surface area (Å²) in [6.45, 7) is 0. The third-order valence-electron chi connectivity index (χ3n) is 9.59. The van der Waals surface area contributed by atoms with E-state index in [-0.39, 0.29) is 0 Å². The van der Waals surface area contributed by atoms with E-state index < -0.39 is 0 Å². The fourth-order valence-corrected chi connectivity index (χ4v) is 7.85. The molecule has 3 aromatic heterocycles. The molecule has 10 aromatic rings. The highest BCUT2D eigenvalue weighted by atomic mass is 127. The lowest BCUT2D eigenvalue weighted by Gasteiger charge is -2.12. The Labute approximate surface area is 307 Å². The van der Waals surface area contributed by atoms with Crippen molar-refractivity contribution in [2.45, 2.75) is 0 Å². The second-order valence-corrected chi connectivity index (χ2v) is 13.9. The maximum absolute atomic E-state index is 5.03. The van der Waals surface area contributed by atoms with Crippen LogP contribution in [-0.4, -0.2) is 24.1 Å². The lowest BCUT2D eigenvalue weighted by atomic mass is 10.1. The van der Waals surface area contributed by atoms with Crippen molar-refractivity contribution in [2.75, 3.05) is 0 Å². The Morgan fingerprint density at radius 3 is 1.33 bits per heavy atom. The number of hydrogen-bond donors (Lipinski definition) is 0. The number of halogens is 1. The highest BCUT2D eigenvalue weighted by Crippen LogP contribution is 2.40. The smallest absolute Gasteiger partial charge is 0.164 e. The molecule has 6 heteroatoms. The van der Waals surface area contributed by atoms with E-state index in [1.807, 2.05) is 60.7 Å². The Morgan fingerprint density at radius 1 is 0.333 bits per heavy atom. The Hall–Kier alpha value is -6.12. The Balaban J connectivity index is 1.22. The number of nitrogens with zero attached hydrogens (tertiary/aromatic N) is 5. The van der Waals surface area contributed by atoms with Gasteiger partial charge < -0.3 is 9.13 Å². The number of fused-ring (bicyclic) bond motifs is 6. The van der Waals surface area contributed by atoms with Crippen LogP contribution in [0.1, 0.15) is 0 Å². The molecule has 0 aliphatic carbocycles. The van der Waals surface area contributed by atoms with Crippen LogP contribution < -0.4 is 0 Å². The van der Waals surface area contributed by atoms with Crippen LogP contribution in [0.5, 0.6) is 0 Å². The summed E-state index contributed by atoms with van der Waals surface area (Å²) in [5.41, 5.74) is 9.65. The SMILES string of the molecule is Ic1cccc(-n2c3ccccc3c3cc4c5ccccc5n(-c5cccc(-c6nc(-c7ccccc7)nc(-c7ccccc7)n6)c5)c4cc32)c1. The molecule has 7 aromatic carbocycles. The van der Waals surface area contributed by atoms with Crippen LogP contribution in [-0.2, 0) is 0 Å². The largest absolute Gasteiger partial charge is 0.309 e. The van der Waals surface area contributed by atoms with Gasteiger partial charge >= 0.3 is 0 Å². The first-order valence-corrected chi connectivity index (χ1v) is 18.0. The summed E-state index contributed by atoms with van der Waals surface area (Å²) < 4.78 is 5.97. The fraction of sp³-hybridized carbons (Fsp3) is 0. The van der Waals surface area contributed by atoms with Crippen LogP contribution in [0.25, 0.3) is 89.2 Å². The number of aromatic nitrogens is 5. The zero-order chi connectivity index (χ0) is 33.9. The van der Waals surface area contributed by atoms with Crippen molar-refractivity contribution in [3.63, 3.8) is 0 Å². The lowest BCUT2D eigenvalue weighted by molar-refractivity contribution is 1.07. The molecule has 0 saturated carbocycles. The van der Waals surface area contributed by atoms with E-state index in [0.29, 0.717) is 17.5 Å². The molecule has 0 fully saturated rings. The van der Waals surface area contributed by atoms with E-state index in [1.54, 1.807) is 0 Å². The summed E-state index contributed by atoms with van der Waals surface area (Å²) in [7, 11) is 0. The normalized spacial score (nSPS) is 11.6. The molecule has 0 spiro atoms. The van der Waals surface area contributed by atoms with Gasteiger partial charge in [0.2, 0.25) is 0 Å². The number of benzene rings is 7. The van der Waals surface area contributed by atoms with Gasteiger partial charge in [-0.25, -0.2) is 15.0 Å². The van der Waals surface area contributed by atoms with E-state index in [4.69, 9.17) is 15.0 Å². The third kappa shape index (κ3) is 5.02. The standard InChI is InChI=1S/C45H28IN5/c46-32-18-12-20-34(26-32)51-40-24-10-8-22-36(40)38-27-37-35-21-7-9-23-39(35)50(41(37)28-42(38)51)33-19-11-17-31(25-33)45-48-43(29-13-3-1-4-14-29)47-44(49-45)30-15-5-2-6-16-30/h1-28H. The van der Waals surface area contributed by atoms with Crippen LogP contribution in [0, 0.1) is 3.57 Å². The maximum Gasteiger partial charge on any atom is 0.164 e. The van der Waals surface area contributed by atoms with Gasteiger partial charge in [0.05, 0.1) is 22.1 Å². The average molecular weight is 766 g/mol. The van der Waals surface area contributed by atoms with Crippen LogP contribution in [0.2, 0.25) is 0 Å². The summed E-state index contributed by atoms with van der Waals surface area (Å²) in [6.07, 6.45) is 0. The van der Waals surface area contributed by atoms with Crippen molar-refractivity contribution in [1.82, 2.24) is 24.1 Å². The Kier molecular flexibility index (Phi) is 7.02. The van der Waals surface area contributed by atoms with E-state index in [9.17, 15) is 0 Å². The van der Waals surface area contributed by atoms with Crippen molar-refractivity contribution in [2.24, 2.45) is 0 Å². The van der Waals surface area contributed by atoms with Gasteiger partial charge in [0.1, 0.15) is 0 Å². The molecule has 3 heterocycles. The molecule has 0 aliphatic heterocycles. The highest BCUT2D eigenvalue weighted by Gasteiger charge is 2.19. The molecule has 0 unspecified atom stereocenters. The van der Waals surface area contributed by atoms with E-state index in [1.165, 1.54) is 36.1 Å². The molecule has 51 heavy (non-hydrogen) atoms. The predicted molar refractivity (Wildman–Crippen MR) is 218 cm³/mol. The topological polar surface area (TPSA) is 48.5 Å². The van der Waals surface area contributed by atoms with E-state index >= 15 is 0 Å². The van der Waals surface area contributed by atoms with Crippen molar-refractivity contribution in [3.05, 3.63) is 173 Å². The fourth-order valence-electron chi connectivity index (χ4n) is 7.32. The highest BCUT2D eigenvalue weighted by molar-refractivity contribution is 14.1. The lowest BCUT2D eigenvalue weighted by Crippen LogP contribution is -2.01. The summed E-state index contributed by atoms with van der Waals surface area (Å²) in [5.74, 6) is 1.92. The van der Waals surface area contributed by atoms with Gasteiger partial charge in [-0.1, -0.05) is 115 Å². The summed E-state index contributed by atoms with van der Waals surface area (Å²) in [4.78, 5) is 15.0. The molecule has 0 amide bonds. The molecule has 0 aliphatic rings. The predicted octanol–water partition coefficient (Wildman–Crippen LogP) is 11.7. The molecular formula is C45H28IN5. The van der Waals surface area contributed by atoms with Crippen molar-refractivity contribution >= 4 is 66.2 Å². The molecule has 10 rings (SSSR count). The molecule has 5 nitrogen and oxygen atoms in total.